The van der Waals surface area contributed by atoms with Gasteiger partial charge in [-0.05, 0) is 36.4 Å². The second-order valence-corrected chi connectivity index (χ2v) is 7.95. The predicted molar refractivity (Wildman–Crippen MR) is 120 cm³/mol. The molecule has 166 valence electrons. The zero-order valence-electron chi connectivity index (χ0n) is 18.3. The van der Waals surface area contributed by atoms with E-state index in [2.05, 4.69) is 39.8 Å². The van der Waals surface area contributed by atoms with Crippen LogP contribution in [0, 0.1) is 5.82 Å². The fourth-order valence-corrected chi connectivity index (χ4v) is 3.94. The van der Waals surface area contributed by atoms with Gasteiger partial charge in [0.05, 0.1) is 32.7 Å². The van der Waals surface area contributed by atoms with Crippen LogP contribution < -0.4 is 25.3 Å². The lowest BCUT2D eigenvalue weighted by Crippen LogP contribution is -3.15. The molecule has 2 aromatic carbocycles. The summed E-state index contributed by atoms with van der Waals surface area (Å²) in [6.07, 6.45) is 0. The van der Waals surface area contributed by atoms with E-state index in [1.807, 2.05) is 19.0 Å². The molecule has 0 unspecified atom stereocenters. The number of halogens is 1. The van der Waals surface area contributed by atoms with Crippen LogP contribution in [0.5, 0.6) is 0 Å². The minimum atomic E-state index is -0.641. The van der Waals surface area contributed by atoms with Crippen LogP contribution >= 0.6 is 0 Å². The second-order valence-electron chi connectivity index (χ2n) is 7.95. The number of anilines is 2. The van der Waals surface area contributed by atoms with Crippen molar-refractivity contribution in [2.75, 3.05) is 63.7 Å². The van der Waals surface area contributed by atoms with Crippen LogP contribution in [0.1, 0.15) is 11.6 Å². The van der Waals surface area contributed by atoms with E-state index in [1.165, 1.54) is 24.1 Å². The molecule has 0 saturated carbocycles. The Morgan fingerprint density at radius 2 is 1.65 bits per heavy atom. The highest BCUT2D eigenvalue weighted by molar-refractivity contribution is 6.35. The predicted octanol–water partition coefficient (Wildman–Crippen LogP) is 0.200. The molecule has 0 aliphatic carbocycles. The summed E-state index contributed by atoms with van der Waals surface area (Å²) in [7, 11) is 5.44. The molecule has 8 heteroatoms. The Labute approximate surface area is 182 Å². The van der Waals surface area contributed by atoms with E-state index >= 15 is 0 Å². The zero-order valence-corrected chi connectivity index (χ0v) is 18.3. The van der Waals surface area contributed by atoms with Crippen molar-refractivity contribution in [1.82, 2.24) is 10.6 Å². The summed E-state index contributed by atoms with van der Waals surface area (Å²) in [4.78, 5) is 29.3. The van der Waals surface area contributed by atoms with Gasteiger partial charge >= 0.3 is 11.8 Å². The molecule has 1 aliphatic heterocycles. The van der Waals surface area contributed by atoms with Crippen LogP contribution in [0.3, 0.4) is 0 Å². The third-order valence-electron chi connectivity index (χ3n) is 5.80. The Morgan fingerprint density at radius 3 is 2.19 bits per heavy atom. The third kappa shape index (κ3) is 5.73. The first-order valence-corrected chi connectivity index (χ1v) is 10.5. The molecule has 7 nitrogen and oxygen atoms in total. The zero-order chi connectivity index (χ0) is 22.4. The van der Waals surface area contributed by atoms with Crippen LogP contribution in [0.2, 0.25) is 0 Å². The highest BCUT2D eigenvalue weighted by atomic mass is 19.1. The molecule has 0 spiro atoms. The minimum Gasteiger partial charge on any atom is -0.378 e. The van der Waals surface area contributed by atoms with Gasteiger partial charge in [0.1, 0.15) is 11.9 Å². The van der Waals surface area contributed by atoms with E-state index in [1.54, 1.807) is 12.1 Å². The first-order valence-electron chi connectivity index (χ1n) is 10.5. The van der Waals surface area contributed by atoms with Gasteiger partial charge in [-0.3, -0.25) is 9.59 Å². The largest absolute Gasteiger partial charge is 0.378 e. The van der Waals surface area contributed by atoms with Gasteiger partial charge in [-0.15, -0.1) is 0 Å². The van der Waals surface area contributed by atoms with E-state index in [4.69, 9.17) is 0 Å². The van der Waals surface area contributed by atoms with Crippen molar-refractivity contribution in [2.24, 2.45) is 0 Å². The van der Waals surface area contributed by atoms with Crippen molar-refractivity contribution in [1.29, 1.82) is 0 Å². The lowest BCUT2D eigenvalue weighted by Gasteiger charge is -2.38. The maximum absolute atomic E-state index is 13.2. The summed E-state index contributed by atoms with van der Waals surface area (Å²) in [5, 5.41) is 5.14. The van der Waals surface area contributed by atoms with Crippen molar-refractivity contribution in [3.05, 3.63) is 59.9 Å². The molecule has 0 bridgehead atoms. The fourth-order valence-electron chi connectivity index (χ4n) is 3.94. The van der Waals surface area contributed by atoms with Crippen LogP contribution in [0.4, 0.5) is 15.8 Å². The molecule has 0 aromatic heterocycles. The number of amides is 2. The molecule has 0 radical (unpaired) electrons. The van der Waals surface area contributed by atoms with E-state index in [0.717, 1.165) is 43.1 Å². The number of rotatable bonds is 6. The van der Waals surface area contributed by atoms with Crippen molar-refractivity contribution >= 4 is 23.2 Å². The fraction of sp³-hybridized carbons (Fsp3) is 0.391. The molecule has 1 atom stereocenters. The Hall–Kier alpha value is -3.13. The Kier molecular flexibility index (Phi) is 7.46. The van der Waals surface area contributed by atoms with Gasteiger partial charge in [0, 0.05) is 38.1 Å². The quantitative estimate of drug-likeness (QED) is 0.575. The highest BCUT2D eigenvalue weighted by Gasteiger charge is 2.30. The SMILES string of the molecule is CNC(=O)C(=O)NC[C@@H](c1ccc(N(C)C)cc1)[NH+]1CCN(c2ccc(F)cc2)CC1. The van der Waals surface area contributed by atoms with Gasteiger partial charge < -0.3 is 25.3 Å². The Balaban J connectivity index is 1.72. The second kappa shape index (κ2) is 10.3. The number of nitrogens with one attached hydrogen (secondary N) is 3. The molecule has 1 saturated heterocycles. The van der Waals surface area contributed by atoms with Crippen molar-refractivity contribution in [2.45, 2.75) is 6.04 Å². The summed E-state index contributed by atoms with van der Waals surface area (Å²) < 4.78 is 13.2. The number of carbonyl (C=O) groups excluding carboxylic acids is 2. The van der Waals surface area contributed by atoms with E-state index in [0.29, 0.717) is 6.54 Å². The van der Waals surface area contributed by atoms with Gasteiger partial charge in [0.25, 0.3) is 0 Å². The number of hydrogen-bond donors (Lipinski definition) is 3. The number of likely N-dealkylation sites (N-methyl/N-ethyl adjacent to an activating group) is 1. The average molecular weight is 429 g/mol. The molecule has 1 heterocycles. The smallest absolute Gasteiger partial charge is 0.309 e. The lowest BCUT2D eigenvalue weighted by atomic mass is 10.0. The number of quaternary nitrogens is 1. The molecular weight excluding hydrogens is 397 g/mol. The summed E-state index contributed by atoms with van der Waals surface area (Å²) >= 11 is 0. The van der Waals surface area contributed by atoms with Crippen molar-refractivity contribution in [3.8, 4) is 0 Å². The highest BCUT2D eigenvalue weighted by Crippen LogP contribution is 2.18. The molecule has 3 N–H and O–H groups in total. The van der Waals surface area contributed by atoms with Crippen LogP contribution in [0.25, 0.3) is 0 Å². The van der Waals surface area contributed by atoms with Gasteiger partial charge in [0.15, 0.2) is 0 Å². The number of nitrogens with zero attached hydrogens (tertiary/aromatic N) is 2. The normalized spacial score (nSPS) is 15.3. The summed E-state index contributed by atoms with van der Waals surface area (Å²) in [5.74, 6) is -1.50. The maximum Gasteiger partial charge on any atom is 0.309 e. The Bertz CT molecular complexity index is 878. The molecular formula is C23H31FN5O2+. The molecule has 2 amide bonds. The van der Waals surface area contributed by atoms with Gasteiger partial charge in [0.2, 0.25) is 0 Å². The van der Waals surface area contributed by atoms with Crippen LogP contribution in [-0.2, 0) is 9.59 Å². The van der Waals surface area contributed by atoms with Crippen molar-refractivity contribution in [3.63, 3.8) is 0 Å². The molecule has 1 aliphatic rings. The van der Waals surface area contributed by atoms with Gasteiger partial charge in [-0.1, -0.05) is 12.1 Å². The minimum absolute atomic E-state index is 0.0280. The first kappa shape index (κ1) is 22.6. The molecule has 3 rings (SSSR count). The van der Waals surface area contributed by atoms with Crippen molar-refractivity contribution < 1.29 is 18.9 Å². The number of carbonyl (C=O) groups is 2. The lowest BCUT2D eigenvalue weighted by molar-refractivity contribution is -0.931. The standard InChI is InChI=1S/C23H30FN5O2/c1-25-22(30)23(31)26-16-21(17-4-8-19(9-5-17)27(2)3)29-14-12-28(13-15-29)20-10-6-18(24)7-11-20/h4-11,21H,12-16H2,1-3H3,(H,25,30)(H,26,31)/p+1/t21-/m0/s1. The van der Waals surface area contributed by atoms with E-state index < -0.39 is 11.8 Å². The topological polar surface area (TPSA) is 69.1 Å². The monoisotopic (exact) mass is 428 g/mol. The van der Waals surface area contributed by atoms with Gasteiger partial charge in [-0.2, -0.15) is 0 Å². The molecule has 1 fully saturated rings. The average Bonchev–Trinajstić information content (AvgIpc) is 2.79. The molecule has 31 heavy (non-hydrogen) atoms. The number of piperazine rings is 1. The van der Waals surface area contributed by atoms with E-state index in [-0.39, 0.29) is 11.9 Å². The first-order chi connectivity index (χ1) is 14.9. The summed E-state index contributed by atoms with van der Waals surface area (Å²) in [5.41, 5.74) is 3.24. The van der Waals surface area contributed by atoms with Gasteiger partial charge in [-0.25, -0.2) is 4.39 Å². The van der Waals surface area contributed by atoms with Crippen LogP contribution in [0.15, 0.2) is 48.5 Å². The third-order valence-corrected chi connectivity index (χ3v) is 5.80. The maximum atomic E-state index is 13.2. The summed E-state index contributed by atoms with van der Waals surface area (Å²) in [6.45, 7) is 3.77. The van der Waals surface area contributed by atoms with Crippen LogP contribution in [-0.4, -0.2) is 65.7 Å². The Morgan fingerprint density at radius 1 is 1.03 bits per heavy atom. The number of hydrogen-bond acceptors (Lipinski definition) is 4. The summed E-state index contributed by atoms with van der Waals surface area (Å²) in [6, 6.07) is 14.9. The van der Waals surface area contributed by atoms with E-state index in [9.17, 15) is 14.0 Å². The molecule has 2 aromatic rings. The number of benzene rings is 2.